The average molecular weight is 220 g/mol. The molecule has 1 aliphatic heterocycles. The monoisotopic (exact) mass is 220 g/mol. The van der Waals surface area contributed by atoms with Crippen LogP contribution in [-0.4, -0.2) is 29.9 Å². The Morgan fingerprint density at radius 3 is 2.88 bits per heavy atom. The van der Waals surface area contributed by atoms with E-state index in [1.54, 1.807) is 0 Å². The summed E-state index contributed by atoms with van der Waals surface area (Å²) in [5.41, 5.74) is 5.73. The molecule has 16 heavy (non-hydrogen) atoms. The Balaban J connectivity index is 1.71. The predicted octanol–water partition coefficient (Wildman–Crippen LogP) is 1.15. The van der Waals surface area contributed by atoms with E-state index < -0.39 is 0 Å². The average Bonchev–Trinajstić information content (AvgIpc) is 3.02. The van der Waals surface area contributed by atoms with Gasteiger partial charge in [0.2, 0.25) is 5.91 Å². The third-order valence-corrected chi connectivity index (χ3v) is 4.53. The largest absolute Gasteiger partial charge is 0.338 e. The van der Waals surface area contributed by atoms with E-state index in [4.69, 9.17) is 5.73 Å². The normalized spacial score (nSPS) is 40.9. The summed E-state index contributed by atoms with van der Waals surface area (Å²) in [7, 11) is 0. The first-order valence-corrected chi connectivity index (χ1v) is 6.48. The number of hydrogen-bond donors (Lipinski definition) is 1. The highest BCUT2D eigenvalue weighted by Crippen LogP contribution is 2.44. The second-order valence-electron chi connectivity index (χ2n) is 5.45. The van der Waals surface area contributed by atoms with Crippen LogP contribution < -0.4 is 5.73 Å². The Morgan fingerprint density at radius 1 is 1.38 bits per heavy atom. The Bertz CT molecular complexity index is 326. The summed E-state index contributed by atoms with van der Waals surface area (Å²) in [4.78, 5) is 14.5. The molecule has 0 aromatic rings. The lowest BCUT2D eigenvalue weighted by atomic mass is 9.92. The van der Waals surface area contributed by atoms with Gasteiger partial charge in [-0.05, 0) is 37.5 Å². The molecule has 3 rings (SSSR count). The zero-order chi connectivity index (χ0) is 11.1. The number of nitrogens with zero attached hydrogens (tertiary/aromatic N) is 1. The molecule has 0 radical (unpaired) electrons. The number of allylic oxidation sites excluding steroid dienone is 2. The summed E-state index contributed by atoms with van der Waals surface area (Å²) in [5, 5.41) is 0. The maximum Gasteiger partial charge on any atom is 0.226 e. The van der Waals surface area contributed by atoms with Crippen molar-refractivity contribution in [1.82, 2.24) is 4.90 Å². The van der Waals surface area contributed by atoms with Crippen molar-refractivity contribution in [2.45, 2.75) is 31.7 Å². The highest BCUT2D eigenvalue weighted by atomic mass is 16.2. The minimum atomic E-state index is 0.266. The van der Waals surface area contributed by atoms with Gasteiger partial charge in [0, 0.05) is 25.0 Å². The van der Waals surface area contributed by atoms with Gasteiger partial charge in [-0.2, -0.15) is 0 Å². The van der Waals surface area contributed by atoms with Gasteiger partial charge in [0.15, 0.2) is 0 Å². The van der Waals surface area contributed by atoms with Crippen LogP contribution in [0.2, 0.25) is 0 Å². The van der Waals surface area contributed by atoms with Gasteiger partial charge in [0.25, 0.3) is 0 Å². The molecule has 1 amide bonds. The van der Waals surface area contributed by atoms with Gasteiger partial charge in [0.1, 0.15) is 0 Å². The highest BCUT2D eigenvalue weighted by molar-refractivity contribution is 5.80. The number of carbonyl (C=O) groups is 1. The molecule has 4 unspecified atom stereocenters. The first-order chi connectivity index (χ1) is 7.79. The van der Waals surface area contributed by atoms with Gasteiger partial charge in [-0.15, -0.1) is 0 Å². The Kier molecular flexibility index (Phi) is 2.51. The van der Waals surface area contributed by atoms with Crippen LogP contribution in [0.15, 0.2) is 12.2 Å². The maximum atomic E-state index is 12.4. The lowest BCUT2D eigenvalue weighted by Gasteiger charge is -2.29. The fourth-order valence-electron chi connectivity index (χ4n) is 3.65. The number of fused-ring (bicyclic) bond motifs is 2. The zero-order valence-electron chi connectivity index (χ0n) is 9.64. The quantitative estimate of drug-likeness (QED) is 0.710. The third-order valence-electron chi connectivity index (χ3n) is 4.53. The van der Waals surface area contributed by atoms with Crippen LogP contribution in [0.3, 0.4) is 0 Å². The molecule has 0 spiro atoms. The maximum absolute atomic E-state index is 12.4. The molecule has 4 atom stereocenters. The minimum absolute atomic E-state index is 0.266. The van der Waals surface area contributed by atoms with Crippen molar-refractivity contribution in [3.05, 3.63) is 12.2 Å². The van der Waals surface area contributed by atoms with Crippen molar-refractivity contribution in [2.75, 3.05) is 13.1 Å². The molecule has 2 fully saturated rings. The van der Waals surface area contributed by atoms with E-state index in [9.17, 15) is 4.79 Å². The summed E-state index contributed by atoms with van der Waals surface area (Å²) in [5.74, 6) is 1.85. The molecule has 88 valence electrons. The molecule has 2 bridgehead atoms. The second-order valence-corrected chi connectivity index (χ2v) is 5.45. The topological polar surface area (TPSA) is 46.3 Å². The van der Waals surface area contributed by atoms with Crippen LogP contribution in [0.5, 0.6) is 0 Å². The number of nitrogens with two attached hydrogens (primary N) is 1. The summed E-state index contributed by atoms with van der Waals surface area (Å²) in [6.45, 7) is 1.56. The van der Waals surface area contributed by atoms with Crippen molar-refractivity contribution in [1.29, 1.82) is 0 Å². The van der Waals surface area contributed by atoms with E-state index in [0.717, 1.165) is 25.8 Å². The molecule has 0 aromatic carbocycles. The molecule has 3 heteroatoms. The summed E-state index contributed by atoms with van der Waals surface area (Å²) >= 11 is 0. The van der Waals surface area contributed by atoms with Crippen LogP contribution in [0.1, 0.15) is 25.7 Å². The molecular formula is C13H20N2O. The molecule has 2 N–H and O–H groups in total. The fourth-order valence-corrected chi connectivity index (χ4v) is 3.65. The first-order valence-electron chi connectivity index (χ1n) is 6.48. The number of amides is 1. The van der Waals surface area contributed by atoms with E-state index in [-0.39, 0.29) is 5.92 Å². The Labute approximate surface area is 96.7 Å². The van der Waals surface area contributed by atoms with Crippen molar-refractivity contribution in [2.24, 2.45) is 23.5 Å². The molecule has 1 saturated heterocycles. The first kappa shape index (κ1) is 10.3. The fraction of sp³-hybridized carbons (Fsp3) is 0.769. The zero-order valence-corrected chi connectivity index (χ0v) is 9.64. The van der Waals surface area contributed by atoms with E-state index in [2.05, 4.69) is 17.1 Å². The molecular weight excluding hydrogens is 200 g/mol. The van der Waals surface area contributed by atoms with Crippen LogP contribution >= 0.6 is 0 Å². The third kappa shape index (κ3) is 1.49. The number of carbonyl (C=O) groups excluding carboxylic acids is 1. The van der Waals surface area contributed by atoms with E-state index in [1.165, 1.54) is 6.42 Å². The lowest BCUT2D eigenvalue weighted by molar-refractivity contribution is -0.137. The molecule has 2 aliphatic carbocycles. The van der Waals surface area contributed by atoms with Crippen LogP contribution in [0.4, 0.5) is 0 Å². The summed E-state index contributed by atoms with van der Waals surface area (Å²) in [6, 6.07) is 0.315. The molecule has 3 nitrogen and oxygen atoms in total. The Morgan fingerprint density at radius 2 is 2.25 bits per heavy atom. The van der Waals surface area contributed by atoms with Crippen LogP contribution in [0.25, 0.3) is 0 Å². The van der Waals surface area contributed by atoms with Crippen molar-refractivity contribution in [3.8, 4) is 0 Å². The Hall–Kier alpha value is -0.830. The number of rotatable bonds is 2. The van der Waals surface area contributed by atoms with Crippen LogP contribution in [-0.2, 0) is 4.79 Å². The van der Waals surface area contributed by atoms with Gasteiger partial charge < -0.3 is 10.6 Å². The molecule has 1 heterocycles. The predicted molar refractivity (Wildman–Crippen MR) is 62.6 cm³/mol. The van der Waals surface area contributed by atoms with Gasteiger partial charge in [0.05, 0.1) is 0 Å². The standard InChI is InChI=1S/C13H20N2O/c14-8-11-2-1-5-15(11)13(16)12-7-9-3-4-10(12)6-9/h3-4,9-12H,1-2,5-8,14H2. The SMILES string of the molecule is NCC1CCCN1C(=O)C1CC2C=CC1C2. The van der Waals surface area contributed by atoms with Gasteiger partial charge in [-0.1, -0.05) is 12.2 Å². The van der Waals surface area contributed by atoms with Crippen molar-refractivity contribution in [3.63, 3.8) is 0 Å². The van der Waals surface area contributed by atoms with Crippen LogP contribution in [0, 0.1) is 17.8 Å². The highest BCUT2D eigenvalue weighted by Gasteiger charge is 2.43. The summed E-state index contributed by atoms with van der Waals surface area (Å²) < 4.78 is 0. The van der Waals surface area contributed by atoms with E-state index in [1.807, 2.05) is 0 Å². The van der Waals surface area contributed by atoms with E-state index in [0.29, 0.717) is 30.3 Å². The molecule has 3 aliphatic rings. The summed E-state index contributed by atoms with van der Waals surface area (Å²) in [6.07, 6.45) is 9.05. The van der Waals surface area contributed by atoms with Crippen molar-refractivity contribution < 1.29 is 4.79 Å². The molecule has 1 saturated carbocycles. The number of likely N-dealkylation sites (tertiary alicyclic amines) is 1. The molecule has 0 aromatic heterocycles. The van der Waals surface area contributed by atoms with Gasteiger partial charge >= 0.3 is 0 Å². The van der Waals surface area contributed by atoms with Crippen molar-refractivity contribution >= 4 is 5.91 Å². The smallest absolute Gasteiger partial charge is 0.226 e. The second kappa shape index (κ2) is 3.88. The van der Waals surface area contributed by atoms with E-state index >= 15 is 0 Å². The van der Waals surface area contributed by atoms with Gasteiger partial charge in [-0.3, -0.25) is 4.79 Å². The minimum Gasteiger partial charge on any atom is -0.338 e. The number of hydrogen-bond acceptors (Lipinski definition) is 2. The van der Waals surface area contributed by atoms with Gasteiger partial charge in [-0.25, -0.2) is 0 Å². The lowest BCUT2D eigenvalue weighted by Crippen LogP contribution is -2.43.